The maximum absolute atomic E-state index is 10.2. The molecule has 0 saturated carbocycles. The van der Waals surface area contributed by atoms with Crippen LogP contribution in [0.5, 0.6) is 5.75 Å². The Morgan fingerprint density at radius 2 is 1.43 bits per heavy atom. The van der Waals surface area contributed by atoms with Crippen molar-refractivity contribution < 1.29 is 25.4 Å². The zero-order valence-electron chi connectivity index (χ0n) is 13.8. The Balaban J connectivity index is 0.00000104. The van der Waals surface area contributed by atoms with Gasteiger partial charge in [-0.15, -0.1) is 0 Å². The fraction of sp³-hybridized carbons (Fsp3) is 0. The first-order chi connectivity index (χ1) is 10.8. The average Bonchev–Trinajstić information content (AvgIpc) is 2.95. The van der Waals surface area contributed by atoms with Crippen LogP contribution in [0.4, 0.5) is 0 Å². The van der Waals surface area contributed by atoms with Crippen LogP contribution in [0.1, 0.15) is 1.43 Å². The Morgan fingerprint density at radius 1 is 0.783 bits per heavy atom. The summed E-state index contributed by atoms with van der Waals surface area (Å²) in [4.78, 5) is 4.72. The molecule has 23 heavy (non-hydrogen) atoms. The van der Waals surface area contributed by atoms with Crippen molar-refractivity contribution in [3.63, 3.8) is 0 Å². The van der Waals surface area contributed by atoms with E-state index in [-0.39, 0.29) is 26.0 Å². The molecule has 1 aromatic heterocycles. The SMILES string of the molecule is Oc1ccccc1-c1nc2ccccc2n1-c1ccccc1.[H-].[Li+]. The Labute approximate surface area is 147 Å². The van der Waals surface area contributed by atoms with Crippen molar-refractivity contribution in [3.05, 3.63) is 78.9 Å². The average molecular weight is 294 g/mol. The second-order valence-electron chi connectivity index (χ2n) is 5.11. The molecule has 0 saturated heterocycles. The van der Waals surface area contributed by atoms with Gasteiger partial charge in [0.25, 0.3) is 0 Å². The predicted octanol–water partition coefficient (Wildman–Crippen LogP) is 1.51. The summed E-state index contributed by atoms with van der Waals surface area (Å²) in [7, 11) is 0. The third kappa shape index (κ3) is 2.66. The summed E-state index contributed by atoms with van der Waals surface area (Å²) < 4.78 is 2.07. The second-order valence-corrected chi connectivity index (χ2v) is 5.11. The summed E-state index contributed by atoms with van der Waals surface area (Å²) >= 11 is 0. The van der Waals surface area contributed by atoms with E-state index in [1.54, 1.807) is 6.07 Å². The van der Waals surface area contributed by atoms with Gasteiger partial charge in [-0.25, -0.2) is 4.98 Å². The van der Waals surface area contributed by atoms with Gasteiger partial charge in [-0.05, 0) is 36.4 Å². The van der Waals surface area contributed by atoms with E-state index in [9.17, 15) is 5.11 Å². The molecule has 0 spiro atoms. The van der Waals surface area contributed by atoms with E-state index in [4.69, 9.17) is 4.98 Å². The standard InChI is InChI=1S/C19H14N2O.Li.H/c22-18-13-7-4-10-15(18)19-20-16-11-5-6-12-17(16)21(19)14-8-2-1-3-9-14;;/h1-13,22H;;/q;+1;-1. The van der Waals surface area contributed by atoms with E-state index >= 15 is 0 Å². The molecule has 0 aliphatic rings. The van der Waals surface area contributed by atoms with Gasteiger partial charge in [0.1, 0.15) is 11.6 Å². The molecule has 4 aromatic rings. The fourth-order valence-electron chi connectivity index (χ4n) is 2.71. The van der Waals surface area contributed by atoms with Crippen LogP contribution in [0.2, 0.25) is 0 Å². The number of benzene rings is 3. The molecule has 4 rings (SSSR count). The number of hydrogen-bond acceptors (Lipinski definition) is 2. The fourth-order valence-corrected chi connectivity index (χ4v) is 2.71. The van der Waals surface area contributed by atoms with Crippen molar-refractivity contribution in [2.75, 3.05) is 0 Å². The van der Waals surface area contributed by atoms with Crippen molar-refractivity contribution in [2.45, 2.75) is 0 Å². The first-order valence-corrected chi connectivity index (χ1v) is 7.16. The smallest absolute Gasteiger partial charge is 1.00 e. The molecule has 1 N–H and O–H groups in total. The Morgan fingerprint density at radius 3 is 2.22 bits per heavy atom. The van der Waals surface area contributed by atoms with Crippen molar-refractivity contribution in [3.8, 4) is 22.8 Å². The normalized spacial score (nSPS) is 10.4. The molecule has 0 amide bonds. The van der Waals surface area contributed by atoms with Crippen molar-refractivity contribution in [2.24, 2.45) is 0 Å². The summed E-state index contributed by atoms with van der Waals surface area (Å²) in [6.45, 7) is 0. The van der Waals surface area contributed by atoms with Crippen molar-refractivity contribution in [1.82, 2.24) is 9.55 Å². The quantitative estimate of drug-likeness (QED) is 0.569. The molecule has 3 nitrogen and oxygen atoms in total. The molecule has 0 radical (unpaired) electrons. The third-order valence-electron chi connectivity index (χ3n) is 3.72. The zero-order valence-corrected chi connectivity index (χ0v) is 12.8. The van der Waals surface area contributed by atoms with E-state index in [2.05, 4.69) is 4.57 Å². The summed E-state index contributed by atoms with van der Waals surface area (Å²) in [5, 5.41) is 10.2. The van der Waals surface area contributed by atoms with Crippen LogP contribution in [-0.4, -0.2) is 14.7 Å². The van der Waals surface area contributed by atoms with Crippen LogP contribution < -0.4 is 18.9 Å². The van der Waals surface area contributed by atoms with Gasteiger partial charge < -0.3 is 6.53 Å². The minimum atomic E-state index is 0. The largest absolute Gasteiger partial charge is 1.00 e. The molecule has 4 heteroatoms. The molecule has 1 heterocycles. The number of phenolic OH excluding ortho intramolecular Hbond substituents is 1. The molecule has 3 aromatic carbocycles. The summed E-state index contributed by atoms with van der Waals surface area (Å²) in [6, 6.07) is 25.3. The maximum Gasteiger partial charge on any atom is 1.00 e. The molecular formula is C19H15LiN2O. The summed E-state index contributed by atoms with van der Waals surface area (Å²) in [5.41, 5.74) is 3.67. The van der Waals surface area contributed by atoms with Crippen LogP contribution in [0.3, 0.4) is 0 Å². The number of aromatic nitrogens is 2. The number of rotatable bonds is 2. The summed E-state index contributed by atoms with van der Waals surface area (Å²) in [5.74, 6) is 0.973. The topological polar surface area (TPSA) is 38.1 Å². The van der Waals surface area contributed by atoms with E-state index in [1.807, 2.05) is 72.8 Å². The minimum Gasteiger partial charge on any atom is -1.00 e. The molecule has 108 valence electrons. The van der Waals surface area contributed by atoms with E-state index < -0.39 is 0 Å². The van der Waals surface area contributed by atoms with Crippen molar-refractivity contribution >= 4 is 11.0 Å². The maximum atomic E-state index is 10.2. The van der Waals surface area contributed by atoms with Crippen LogP contribution in [0, 0.1) is 0 Å². The van der Waals surface area contributed by atoms with Crippen LogP contribution in [0.15, 0.2) is 78.9 Å². The molecule has 0 bridgehead atoms. The molecule has 0 unspecified atom stereocenters. The molecule has 0 aliphatic heterocycles. The van der Waals surface area contributed by atoms with E-state index in [0.29, 0.717) is 0 Å². The number of para-hydroxylation sites is 4. The molecule has 0 atom stereocenters. The first kappa shape index (κ1) is 15.4. The minimum absolute atomic E-state index is 0. The monoisotopic (exact) mass is 294 g/mol. The van der Waals surface area contributed by atoms with Gasteiger partial charge in [0, 0.05) is 5.69 Å². The number of phenols is 1. The van der Waals surface area contributed by atoms with E-state index in [1.165, 1.54) is 0 Å². The van der Waals surface area contributed by atoms with Crippen LogP contribution >= 0.6 is 0 Å². The van der Waals surface area contributed by atoms with Crippen LogP contribution in [-0.2, 0) is 0 Å². The number of imidazole rings is 1. The zero-order chi connectivity index (χ0) is 14.9. The van der Waals surface area contributed by atoms with Gasteiger partial charge in [0.15, 0.2) is 0 Å². The van der Waals surface area contributed by atoms with E-state index in [0.717, 1.165) is 28.1 Å². The first-order valence-electron chi connectivity index (χ1n) is 7.16. The van der Waals surface area contributed by atoms with Gasteiger partial charge in [0.2, 0.25) is 0 Å². The Hall–Kier alpha value is -2.47. The molecule has 0 fully saturated rings. The van der Waals surface area contributed by atoms with Gasteiger partial charge in [-0.3, -0.25) is 4.57 Å². The second kappa shape index (κ2) is 6.34. The van der Waals surface area contributed by atoms with Gasteiger partial charge in [-0.2, -0.15) is 0 Å². The van der Waals surface area contributed by atoms with Gasteiger partial charge in [-0.1, -0.05) is 42.5 Å². The summed E-state index contributed by atoms with van der Waals surface area (Å²) in [6.07, 6.45) is 0. The molecular weight excluding hydrogens is 279 g/mol. The van der Waals surface area contributed by atoms with Gasteiger partial charge in [0.05, 0.1) is 16.6 Å². The number of aromatic hydroxyl groups is 1. The van der Waals surface area contributed by atoms with Gasteiger partial charge >= 0.3 is 18.9 Å². The predicted molar refractivity (Wildman–Crippen MR) is 89.3 cm³/mol. The van der Waals surface area contributed by atoms with Crippen LogP contribution in [0.25, 0.3) is 28.1 Å². The number of hydrogen-bond donors (Lipinski definition) is 1. The number of fused-ring (bicyclic) bond motifs is 1. The third-order valence-corrected chi connectivity index (χ3v) is 3.72. The van der Waals surface area contributed by atoms with Crippen molar-refractivity contribution in [1.29, 1.82) is 0 Å². The number of nitrogens with zero attached hydrogens (tertiary/aromatic N) is 2. The Bertz CT molecular complexity index is 954. The molecule has 0 aliphatic carbocycles. The Kier molecular flexibility index (Phi) is 4.25.